The van der Waals surface area contributed by atoms with E-state index in [1.54, 1.807) is 0 Å². The highest BCUT2D eigenvalue weighted by Gasteiger charge is 2.35. The van der Waals surface area contributed by atoms with Crippen LogP contribution in [0.2, 0.25) is 0 Å². The first-order chi connectivity index (χ1) is 11.9. The van der Waals surface area contributed by atoms with Crippen molar-refractivity contribution in [3.63, 3.8) is 0 Å². The molecule has 0 saturated carbocycles. The summed E-state index contributed by atoms with van der Waals surface area (Å²) in [6, 6.07) is 0. The van der Waals surface area contributed by atoms with Gasteiger partial charge in [0, 0.05) is 19.0 Å². The zero-order valence-electron chi connectivity index (χ0n) is 13.8. The molecule has 2 rings (SSSR count). The minimum atomic E-state index is -0.937. The maximum atomic E-state index is 12.7. The van der Waals surface area contributed by atoms with Crippen LogP contribution in [0.15, 0.2) is 20.8 Å². The quantitative estimate of drug-likeness (QED) is 0.710. The van der Waals surface area contributed by atoms with E-state index in [1.807, 2.05) is 6.92 Å². The lowest BCUT2D eigenvalue weighted by molar-refractivity contribution is -0.0462. The van der Waals surface area contributed by atoms with E-state index < -0.39 is 42.2 Å². The van der Waals surface area contributed by atoms with Crippen molar-refractivity contribution < 1.29 is 19.7 Å². The third-order valence-electron chi connectivity index (χ3n) is 4.07. The molecule has 1 aliphatic heterocycles. The third kappa shape index (κ3) is 4.17. The molecule has 0 aromatic carbocycles. The lowest BCUT2D eigenvalue weighted by atomic mass is 10.2. The van der Waals surface area contributed by atoms with Gasteiger partial charge in [0.25, 0.3) is 5.56 Å². The predicted molar refractivity (Wildman–Crippen MR) is 94.7 cm³/mol. The molecule has 25 heavy (non-hydrogen) atoms. The monoisotopic (exact) mass is 416 g/mol. The van der Waals surface area contributed by atoms with Crippen LogP contribution in [0, 0.1) is 0 Å². The molecule has 8 nitrogen and oxygen atoms in total. The van der Waals surface area contributed by atoms with Crippen molar-refractivity contribution in [3.05, 3.63) is 37.6 Å². The van der Waals surface area contributed by atoms with Crippen molar-refractivity contribution in [3.8, 4) is 0 Å². The van der Waals surface area contributed by atoms with E-state index in [0.717, 1.165) is 11.0 Å². The van der Waals surface area contributed by atoms with Gasteiger partial charge in [-0.25, -0.2) is 4.79 Å². The second-order valence-corrected chi connectivity index (χ2v) is 6.35. The van der Waals surface area contributed by atoms with Gasteiger partial charge in [-0.2, -0.15) is 4.57 Å². The fourth-order valence-electron chi connectivity index (χ4n) is 2.69. The molecular formula is C16H21BrN2O6. The van der Waals surface area contributed by atoms with Crippen LogP contribution in [0.3, 0.4) is 0 Å². The first-order valence-corrected chi connectivity index (χ1v) is 8.98. The molecule has 0 bridgehead atoms. The fraction of sp³-hybridized carbons (Fsp3) is 0.562. The van der Waals surface area contributed by atoms with E-state index in [4.69, 9.17) is 4.74 Å². The summed E-state index contributed by atoms with van der Waals surface area (Å²) in [5.41, 5.74) is -1.38. The molecule has 9 heteroatoms. The lowest BCUT2D eigenvalue weighted by Gasteiger charge is -2.17. The summed E-state index contributed by atoms with van der Waals surface area (Å²) in [7, 11) is 0. The Kier molecular flexibility index (Phi) is 6.88. The second-order valence-electron chi connectivity index (χ2n) is 5.82. The Morgan fingerprint density at radius 2 is 2.20 bits per heavy atom. The lowest BCUT2D eigenvalue weighted by Crippen LogP contribution is -2.45. The predicted octanol–water partition coefficient (Wildman–Crippen LogP) is 0.847. The average molecular weight is 417 g/mol. The van der Waals surface area contributed by atoms with Gasteiger partial charge >= 0.3 is 5.69 Å². The van der Waals surface area contributed by atoms with Gasteiger partial charge in [-0.3, -0.25) is 14.2 Å². The Hall–Kier alpha value is -1.55. The highest BCUT2D eigenvalue weighted by Crippen LogP contribution is 2.27. The number of unbranched alkanes of at least 4 members (excludes halogenated alkanes) is 1. The number of aliphatic hydroxyl groups excluding tert-OH is 2. The molecule has 0 spiro atoms. The molecule has 1 saturated heterocycles. The zero-order valence-corrected chi connectivity index (χ0v) is 15.4. The number of hydrogen-bond acceptors (Lipinski definition) is 6. The first kappa shape index (κ1) is 19.8. The Morgan fingerprint density at radius 1 is 1.48 bits per heavy atom. The molecule has 1 aliphatic rings. The van der Waals surface area contributed by atoms with Crippen LogP contribution >= 0.6 is 15.9 Å². The van der Waals surface area contributed by atoms with Gasteiger partial charge in [0.1, 0.15) is 12.3 Å². The van der Waals surface area contributed by atoms with Crippen molar-refractivity contribution in [2.75, 3.05) is 6.61 Å². The molecule has 1 aromatic heterocycles. The number of aromatic nitrogens is 2. The van der Waals surface area contributed by atoms with Gasteiger partial charge in [-0.05, 0) is 17.5 Å². The van der Waals surface area contributed by atoms with Crippen LogP contribution < -0.4 is 11.2 Å². The molecule has 0 amide bonds. The minimum Gasteiger partial charge on any atom is -0.394 e. The van der Waals surface area contributed by atoms with Gasteiger partial charge in [0.05, 0.1) is 18.3 Å². The zero-order chi connectivity index (χ0) is 18.6. The Morgan fingerprint density at radius 3 is 2.76 bits per heavy atom. The van der Waals surface area contributed by atoms with Crippen molar-refractivity contribution >= 4 is 27.9 Å². The summed E-state index contributed by atoms with van der Waals surface area (Å²) in [5, 5.41) is 19.1. The van der Waals surface area contributed by atoms with E-state index in [9.17, 15) is 24.6 Å². The number of carbonyl (C=O) groups excluding carboxylic acids is 1. The first-order valence-electron chi connectivity index (χ1n) is 8.07. The van der Waals surface area contributed by atoms with E-state index >= 15 is 0 Å². The number of nitrogens with zero attached hydrogens (tertiary/aromatic N) is 2. The highest BCUT2D eigenvalue weighted by molar-refractivity contribution is 9.11. The Labute approximate surface area is 152 Å². The summed E-state index contributed by atoms with van der Waals surface area (Å²) in [6.45, 7) is 1.51. The Balaban J connectivity index is 2.54. The third-order valence-corrected chi connectivity index (χ3v) is 4.34. The maximum absolute atomic E-state index is 12.7. The molecule has 3 atom stereocenters. The van der Waals surface area contributed by atoms with E-state index in [0.29, 0.717) is 11.0 Å². The number of hydrogen-bond donors (Lipinski definition) is 2. The van der Waals surface area contributed by atoms with Crippen molar-refractivity contribution in [2.24, 2.45) is 0 Å². The van der Waals surface area contributed by atoms with Crippen LogP contribution in [0.25, 0.3) is 6.08 Å². The van der Waals surface area contributed by atoms with Gasteiger partial charge in [-0.15, -0.1) is 0 Å². The molecule has 1 fully saturated rings. The van der Waals surface area contributed by atoms with Gasteiger partial charge < -0.3 is 14.9 Å². The summed E-state index contributed by atoms with van der Waals surface area (Å²) in [5.74, 6) is -0.576. The number of ether oxygens (including phenoxy) is 1. The minimum absolute atomic E-state index is 0.0734. The number of halogens is 1. The van der Waals surface area contributed by atoms with Crippen molar-refractivity contribution in [1.29, 1.82) is 0 Å². The summed E-state index contributed by atoms with van der Waals surface area (Å²) >= 11 is 3.08. The normalized spacial score (nSPS) is 23.4. The molecule has 0 unspecified atom stereocenters. The van der Waals surface area contributed by atoms with Crippen LogP contribution in [0.5, 0.6) is 0 Å². The number of carbonyl (C=O) groups is 1. The van der Waals surface area contributed by atoms with Gasteiger partial charge in [0.15, 0.2) is 0 Å². The fourth-order valence-corrected chi connectivity index (χ4v) is 2.97. The molecular weight excluding hydrogens is 396 g/mol. The van der Waals surface area contributed by atoms with E-state index in [1.165, 1.54) is 17.3 Å². The molecule has 0 radical (unpaired) electrons. The summed E-state index contributed by atoms with van der Waals surface area (Å²) in [6.07, 6.45) is 1.58. The van der Waals surface area contributed by atoms with Gasteiger partial charge in [0.2, 0.25) is 5.91 Å². The molecule has 138 valence electrons. The van der Waals surface area contributed by atoms with Crippen LogP contribution in [-0.4, -0.2) is 44.1 Å². The molecule has 0 aliphatic carbocycles. The maximum Gasteiger partial charge on any atom is 0.340 e. The standard InChI is InChI=1S/C16H21BrN2O6/c1-2-3-4-13(22)19-15(23)10(5-6-17)8-18(16(19)24)14-7-11(21)12(9-20)25-14/h5-6,8,11-12,14,20-21H,2-4,7,9H2,1H3/b6-5+/t11-,12+,14+/m0/s1. The van der Waals surface area contributed by atoms with Gasteiger partial charge in [-0.1, -0.05) is 29.3 Å². The molecule has 1 aromatic rings. The van der Waals surface area contributed by atoms with Crippen molar-refractivity contribution in [1.82, 2.24) is 9.13 Å². The molecule has 2 heterocycles. The SMILES string of the molecule is CCCCC(=O)n1c(=O)c(/C=C/Br)cn([C@H]2C[C@H](O)[C@@H](CO)O2)c1=O. The average Bonchev–Trinajstić information content (AvgIpc) is 2.96. The largest absolute Gasteiger partial charge is 0.394 e. The highest BCUT2D eigenvalue weighted by atomic mass is 79.9. The summed E-state index contributed by atoms with van der Waals surface area (Å²) < 4.78 is 7.21. The Bertz CT molecular complexity index is 769. The topological polar surface area (TPSA) is 111 Å². The van der Waals surface area contributed by atoms with Crippen LogP contribution in [0.1, 0.15) is 49.2 Å². The molecule has 2 N–H and O–H groups in total. The number of aliphatic hydroxyl groups is 2. The smallest absolute Gasteiger partial charge is 0.340 e. The van der Waals surface area contributed by atoms with Crippen LogP contribution in [-0.2, 0) is 4.74 Å². The van der Waals surface area contributed by atoms with E-state index in [-0.39, 0.29) is 18.4 Å². The van der Waals surface area contributed by atoms with Crippen LogP contribution in [0.4, 0.5) is 0 Å². The number of rotatable bonds is 6. The summed E-state index contributed by atoms with van der Waals surface area (Å²) in [4.78, 5) is 38.9. The van der Waals surface area contributed by atoms with Crippen molar-refractivity contribution in [2.45, 2.75) is 51.0 Å². The second kappa shape index (κ2) is 8.70. The van der Waals surface area contributed by atoms with E-state index in [2.05, 4.69) is 15.9 Å².